The molecule has 2 aliphatic rings. The van der Waals surface area contributed by atoms with Crippen molar-refractivity contribution in [3.8, 4) is 0 Å². The van der Waals surface area contributed by atoms with Crippen LogP contribution in [0.15, 0.2) is 28.8 Å². The average molecular weight is 419 g/mol. The molecule has 2 fully saturated rings. The maximum Gasteiger partial charge on any atom is 0.233 e. The molecule has 0 spiro atoms. The Labute approximate surface area is 170 Å². The first-order valence-electron chi connectivity index (χ1n) is 9.91. The van der Waals surface area contributed by atoms with Crippen molar-refractivity contribution in [3.63, 3.8) is 0 Å². The number of piperidine rings is 1. The van der Waals surface area contributed by atoms with Gasteiger partial charge in [0.05, 0.1) is 18.6 Å². The van der Waals surface area contributed by atoms with Crippen LogP contribution in [0.25, 0.3) is 0 Å². The van der Waals surface area contributed by atoms with Gasteiger partial charge in [0.15, 0.2) is 5.82 Å². The zero-order valence-corrected chi connectivity index (χ0v) is 17.6. The van der Waals surface area contributed by atoms with Crippen LogP contribution in [0.2, 0.25) is 0 Å². The smallest absolute Gasteiger partial charge is 0.233 e. The fraction of sp³-hybridized carbons (Fsp3) is 0.550. The van der Waals surface area contributed by atoms with Crippen molar-refractivity contribution in [1.82, 2.24) is 19.3 Å². The van der Waals surface area contributed by atoms with Crippen LogP contribution in [0.1, 0.15) is 47.5 Å². The number of hydrogen-bond donors (Lipinski definition) is 0. The first-order chi connectivity index (χ1) is 13.8. The molecule has 29 heavy (non-hydrogen) atoms. The second-order valence-electron chi connectivity index (χ2n) is 8.09. The van der Waals surface area contributed by atoms with Crippen molar-refractivity contribution in [1.29, 1.82) is 0 Å². The highest BCUT2D eigenvalue weighted by atomic mass is 32.2. The van der Waals surface area contributed by atoms with Gasteiger partial charge in [0.1, 0.15) is 0 Å². The maximum absolute atomic E-state index is 12.4. The summed E-state index contributed by atoms with van der Waals surface area (Å²) >= 11 is 0. The Morgan fingerprint density at radius 2 is 1.79 bits per heavy atom. The largest absolute Gasteiger partial charge is 0.341 e. The summed E-state index contributed by atoms with van der Waals surface area (Å²) in [5.41, 5.74) is 2.20. The number of aryl methyl sites for hydroxylation is 1. The lowest BCUT2D eigenvalue weighted by Crippen LogP contribution is -2.49. The summed E-state index contributed by atoms with van der Waals surface area (Å²) in [7, 11) is -3.14. The van der Waals surface area contributed by atoms with Gasteiger partial charge in [-0.25, -0.2) is 12.7 Å². The highest BCUT2D eigenvalue weighted by Gasteiger charge is 2.36. The summed E-state index contributed by atoms with van der Waals surface area (Å²) < 4.78 is 30.2. The second kappa shape index (κ2) is 7.87. The van der Waals surface area contributed by atoms with E-state index in [1.807, 2.05) is 36.1 Å². The van der Waals surface area contributed by atoms with Gasteiger partial charge in [-0.05, 0) is 25.3 Å². The molecule has 0 radical (unpaired) electrons. The third-order valence-corrected chi connectivity index (χ3v) is 7.11. The van der Waals surface area contributed by atoms with E-state index in [-0.39, 0.29) is 17.7 Å². The molecule has 1 aromatic carbocycles. The number of nitrogens with zero attached hydrogens (tertiary/aromatic N) is 4. The summed E-state index contributed by atoms with van der Waals surface area (Å²) in [4.78, 5) is 18.8. The minimum Gasteiger partial charge on any atom is -0.341 e. The molecule has 0 unspecified atom stereocenters. The first-order valence-corrected chi connectivity index (χ1v) is 11.8. The number of amides is 1. The highest BCUT2D eigenvalue weighted by molar-refractivity contribution is 7.88. The van der Waals surface area contributed by atoms with Crippen LogP contribution in [0.4, 0.5) is 0 Å². The fourth-order valence-electron chi connectivity index (χ4n) is 3.86. The van der Waals surface area contributed by atoms with E-state index < -0.39 is 10.0 Å². The zero-order chi connectivity index (χ0) is 20.6. The van der Waals surface area contributed by atoms with Gasteiger partial charge in [-0.2, -0.15) is 4.98 Å². The van der Waals surface area contributed by atoms with Gasteiger partial charge in [-0.15, -0.1) is 0 Å². The van der Waals surface area contributed by atoms with Crippen LogP contribution in [-0.4, -0.2) is 66.1 Å². The van der Waals surface area contributed by atoms with E-state index in [9.17, 15) is 13.2 Å². The van der Waals surface area contributed by atoms with Gasteiger partial charge in [-0.3, -0.25) is 4.79 Å². The van der Waals surface area contributed by atoms with Crippen molar-refractivity contribution >= 4 is 15.9 Å². The molecule has 9 heteroatoms. The van der Waals surface area contributed by atoms with Gasteiger partial charge >= 0.3 is 0 Å². The Balaban J connectivity index is 1.28. The summed E-state index contributed by atoms with van der Waals surface area (Å²) in [5.74, 6) is 1.53. The Hall–Kier alpha value is -2.26. The molecule has 0 saturated carbocycles. The van der Waals surface area contributed by atoms with Crippen molar-refractivity contribution in [3.05, 3.63) is 47.1 Å². The normalized spacial score (nSPS) is 19.3. The summed E-state index contributed by atoms with van der Waals surface area (Å²) in [6, 6.07) is 8.01. The molecular formula is C20H26N4O4S. The lowest BCUT2D eigenvalue weighted by Gasteiger charge is -2.37. The molecule has 2 aliphatic heterocycles. The number of likely N-dealkylation sites (tertiary alicyclic amines) is 1. The highest BCUT2D eigenvalue weighted by Crippen LogP contribution is 2.31. The van der Waals surface area contributed by atoms with Crippen LogP contribution in [-0.2, 0) is 21.2 Å². The van der Waals surface area contributed by atoms with Gasteiger partial charge in [-0.1, -0.05) is 35.0 Å². The number of carbonyl (C=O) groups is 1. The van der Waals surface area contributed by atoms with Crippen LogP contribution < -0.4 is 0 Å². The monoisotopic (exact) mass is 418 g/mol. The summed E-state index contributed by atoms with van der Waals surface area (Å²) in [6.45, 7) is 4.19. The van der Waals surface area contributed by atoms with Crippen molar-refractivity contribution in [2.24, 2.45) is 0 Å². The standard InChI is InChI=1S/C20H26N4O4S/c1-14-3-5-15(6-4-14)11-18(25)23-12-17(13-23)20-21-19(22-28-20)16-7-9-24(10-8-16)29(2,26)27/h3-6,16-17H,7-13H2,1-2H3. The molecule has 3 heterocycles. The third kappa shape index (κ3) is 4.51. The number of hydrogen-bond acceptors (Lipinski definition) is 6. The molecule has 1 amide bonds. The van der Waals surface area contributed by atoms with Crippen LogP contribution >= 0.6 is 0 Å². The lowest BCUT2D eigenvalue weighted by molar-refractivity contribution is -0.135. The Morgan fingerprint density at radius 1 is 1.14 bits per heavy atom. The number of rotatable bonds is 5. The lowest BCUT2D eigenvalue weighted by atomic mass is 9.96. The van der Waals surface area contributed by atoms with Crippen molar-refractivity contribution in [2.75, 3.05) is 32.4 Å². The minimum absolute atomic E-state index is 0.0781. The number of sulfonamides is 1. The Bertz CT molecular complexity index is 972. The molecular weight excluding hydrogens is 392 g/mol. The Morgan fingerprint density at radius 3 is 2.41 bits per heavy atom. The number of benzene rings is 1. The predicted octanol–water partition coefficient (Wildman–Crippen LogP) is 1.69. The van der Waals surface area contributed by atoms with Gasteiger partial charge < -0.3 is 9.42 Å². The molecule has 0 atom stereocenters. The van der Waals surface area contributed by atoms with E-state index in [2.05, 4.69) is 10.1 Å². The molecule has 2 saturated heterocycles. The fourth-order valence-corrected chi connectivity index (χ4v) is 4.73. The van der Waals surface area contributed by atoms with E-state index in [0.29, 0.717) is 57.2 Å². The molecule has 2 aromatic rings. The molecule has 0 N–H and O–H groups in total. The zero-order valence-electron chi connectivity index (χ0n) is 16.7. The first kappa shape index (κ1) is 20.0. The summed E-state index contributed by atoms with van der Waals surface area (Å²) in [6.07, 6.45) is 3.03. The van der Waals surface area contributed by atoms with Crippen molar-refractivity contribution < 1.29 is 17.7 Å². The predicted molar refractivity (Wildman–Crippen MR) is 107 cm³/mol. The third-order valence-electron chi connectivity index (χ3n) is 5.80. The van der Waals surface area contributed by atoms with Crippen LogP contribution in [0.5, 0.6) is 0 Å². The van der Waals surface area contributed by atoms with E-state index in [1.165, 1.54) is 16.1 Å². The van der Waals surface area contributed by atoms with E-state index in [0.717, 1.165) is 5.56 Å². The maximum atomic E-state index is 12.4. The van der Waals surface area contributed by atoms with E-state index in [1.54, 1.807) is 0 Å². The molecule has 8 nitrogen and oxygen atoms in total. The second-order valence-corrected chi connectivity index (χ2v) is 10.1. The van der Waals surface area contributed by atoms with Gasteiger partial charge in [0, 0.05) is 32.1 Å². The Kier molecular flexibility index (Phi) is 5.44. The van der Waals surface area contributed by atoms with Crippen molar-refractivity contribution in [2.45, 2.75) is 38.0 Å². The van der Waals surface area contributed by atoms with Crippen LogP contribution in [0, 0.1) is 6.92 Å². The molecule has 1 aromatic heterocycles. The number of aromatic nitrogens is 2. The average Bonchev–Trinajstić information content (AvgIpc) is 3.11. The SMILES string of the molecule is Cc1ccc(CC(=O)N2CC(c3nc(C4CCN(S(C)(=O)=O)CC4)no3)C2)cc1. The summed E-state index contributed by atoms with van der Waals surface area (Å²) in [5, 5.41) is 4.12. The van der Waals surface area contributed by atoms with Gasteiger partial charge in [0.2, 0.25) is 21.8 Å². The topological polar surface area (TPSA) is 96.6 Å². The molecule has 156 valence electrons. The number of carbonyl (C=O) groups excluding carboxylic acids is 1. The molecule has 4 rings (SSSR count). The minimum atomic E-state index is -3.14. The molecule has 0 aliphatic carbocycles. The quantitative estimate of drug-likeness (QED) is 0.733. The van der Waals surface area contributed by atoms with Gasteiger partial charge in [0.25, 0.3) is 0 Å². The van der Waals surface area contributed by atoms with E-state index in [4.69, 9.17) is 4.52 Å². The van der Waals surface area contributed by atoms with E-state index >= 15 is 0 Å². The molecule has 0 bridgehead atoms. The van der Waals surface area contributed by atoms with Crippen LogP contribution in [0.3, 0.4) is 0 Å².